The molecule has 2 heterocycles. The third-order valence-corrected chi connectivity index (χ3v) is 2.64. The van der Waals surface area contributed by atoms with Crippen molar-refractivity contribution in [3.63, 3.8) is 0 Å². The minimum Gasteiger partial charge on any atom is -0.384 e. The van der Waals surface area contributed by atoms with E-state index in [1.165, 1.54) is 0 Å². The van der Waals surface area contributed by atoms with Crippen LogP contribution < -0.4 is 11.1 Å². The van der Waals surface area contributed by atoms with Gasteiger partial charge in [-0.05, 0) is 18.6 Å². The highest BCUT2D eigenvalue weighted by atomic mass is 16.1. The molecular formula is C13H17N5O. The molecule has 1 amide bonds. The number of pyridine rings is 1. The molecule has 6 heteroatoms. The minimum atomic E-state index is -0.178. The van der Waals surface area contributed by atoms with E-state index in [9.17, 15) is 4.79 Å². The number of aromatic amines is 1. The van der Waals surface area contributed by atoms with E-state index in [2.05, 4.69) is 27.2 Å². The van der Waals surface area contributed by atoms with Gasteiger partial charge in [0.15, 0.2) is 0 Å². The van der Waals surface area contributed by atoms with Crippen molar-refractivity contribution < 1.29 is 4.79 Å². The van der Waals surface area contributed by atoms with Crippen LogP contribution in [0.4, 0.5) is 5.82 Å². The van der Waals surface area contributed by atoms with Crippen molar-refractivity contribution in [1.82, 2.24) is 20.3 Å². The summed E-state index contributed by atoms with van der Waals surface area (Å²) in [4.78, 5) is 23.2. The average molecular weight is 259 g/mol. The number of H-pyrrole nitrogens is 1. The number of aryl methyl sites for hydroxylation is 1. The molecule has 0 spiro atoms. The fraction of sp³-hybridized carbons (Fsp3) is 0.308. The van der Waals surface area contributed by atoms with Crippen molar-refractivity contribution >= 4 is 11.7 Å². The maximum absolute atomic E-state index is 12.0. The monoisotopic (exact) mass is 259 g/mol. The first kappa shape index (κ1) is 13.1. The number of carbonyl (C=O) groups is 1. The van der Waals surface area contributed by atoms with E-state index in [4.69, 9.17) is 5.73 Å². The van der Waals surface area contributed by atoms with Crippen molar-refractivity contribution in [3.05, 3.63) is 41.6 Å². The zero-order valence-corrected chi connectivity index (χ0v) is 10.8. The molecule has 0 bridgehead atoms. The quantitative estimate of drug-likeness (QED) is 0.753. The minimum absolute atomic E-state index is 0.178. The molecule has 0 unspecified atom stereocenters. The summed E-state index contributed by atoms with van der Waals surface area (Å²) in [7, 11) is 0. The summed E-state index contributed by atoms with van der Waals surface area (Å²) < 4.78 is 0. The Kier molecular flexibility index (Phi) is 4.12. The van der Waals surface area contributed by atoms with Gasteiger partial charge in [0.2, 0.25) is 0 Å². The molecule has 19 heavy (non-hydrogen) atoms. The van der Waals surface area contributed by atoms with Crippen LogP contribution in [0.3, 0.4) is 0 Å². The number of carbonyl (C=O) groups excluding carboxylic acids is 1. The van der Waals surface area contributed by atoms with Crippen LogP contribution >= 0.6 is 0 Å². The number of rotatable bonds is 5. The third-order valence-electron chi connectivity index (χ3n) is 2.64. The zero-order valence-electron chi connectivity index (χ0n) is 10.8. The summed E-state index contributed by atoms with van der Waals surface area (Å²) in [6.45, 7) is 2.42. The number of nitrogens with two attached hydrogens (primary N) is 1. The predicted molar refractivity (Wildman–Crippen MR) is 72.4 cm³/mol. The van der Waals surface area contributed by atoms with Crippen LogP contribution in [0.5, 0.6) is 0 Å². The van der Waals surface area contributed by atoms with Gasteiger partial charge in [-0.25, -0.2) is 9.97 Å². The Balaban J connectivity index is 2.05. The average Bonchev–Trinajstić information content (AvgIpc) is 2.88. The smallest absolute Gasteiger partial charge is 0.251 e. The van der Waals surface area contributed by atoms with E-state index >= 15 is 0 Å². The van der Waals surface area contributed by atoms with Gasteiger partial charge in [0.25, 0.3) is 5.91 Å². The van der Waals surface area contributed by atoms with Gasteiger partial charge in [-0.15, -0.1) is 0 Å². The first-order valence-electron chi connectivity index (χ1n) is 6.22. The number of nitrogens with one attached hydrogen (secondary N) is 2. The van der Waals surface area contributed by atoms with Gasteiger partial charge in [0, 0.05) is 23.7 Å². The number of nitrogen functional groups attached to an aromatic ring is 1. The zero-order chi connectivity index (χ0) is 13.7. The second-order valence-corrected chi connectivity index (χ2v) is 4.24. The Bertz CT molecular complexity index is 550. The topological polar surface area (TPSA) is 96.7 Å². The Morgan fingerprint density at radius 1 is 1.47 bits per heavy atom. The van der Waals surface area contributed by atoms with Crippen molar-refractivity contribution in [2.75, 3.05) is 5.73 Å². The molecule has 6 nitrogen and oxygen atoms in total. The van der Waals surface area contributed by atoms with Crippen molar-refractivity contribution in [2.45, 2.75) is 26.3 Å². The fourth-order valence-electron chi connectivity index (χ4n) is 1.79. The van der Waals surface area contributed by atoms with Gasteiger partial charge >= 0.3 is 0 Å². The fourth-order valence-corrected chi connectivity index (χ4v) is 1.79. The Labute approximate surface area is 111 Å². The second kappa shape index (κ2) is 5.99. The molecule has 2 rings (SSSR count). The molecule has 0 fully saturated rings. The summed E-state index contributed by atoms with van der Waals surface area (Å²) in [5.74, 6) is 0.904. The Morgan fingerprint density at radius 2 is 2.32 bits per heavy atom. The highest BCUT2D eigenvalue weighted by Gasteiger charge is 2.09. The number of anilines is 1. The standard InChI is InChI=1S/C13H17N5O/c1-2-3-10-6-9(7-11(14)18-10)13(19)17-8-12-15-4-5-16-12/h4-7H,2-3,8H2,1H3,(H2,14,18)(H,15,16)(H,17,19). The number of nitrogens with zero attached hydrogens (tertiary/aromatic N) is 2. The van der Waals surface area contributed by atoms with E-state index in [0.29, 0.717) is 23.8 Å². The lowest BCUT2D eigenvalue weighted by Crippen LogP contribution is -2.23. The lowest BCUT2D eigenvalue weighted by atomic mass is 10.1. The van der Waals surface area contributed by atoms with Gasteiger partial charge in [-0.3, -0.25) is 4.79 Å². The molecule has 0 aliphatic rings. The predicted octanol–water partition coefficient (Wildman–Crippen LogP) is 1.27. The van der Waals surface area contributed by atoms with Crippen molar-refractivity contribution in [3.8, 4) is 0 Å². The number of hydrogen-bond acceptors (Lipinski definition) is 4. The third kappa shape index (κ3) is 3.54. The number of hydrogen-bond donors (Lipinski definition) is 3. The van der Waals surface area contributed by atoms with Crippen LogP contribution in [0, 0.1) is 0 Å². The van der Waals surface area contributed by atoms with Crippen molar-refractivity contribution in [1.29, 1.82) is 0 Å². The normalized spacial score (nSPS) is 10.4. The number of aromatic nitrogens is 3. The van der Waals surface area contributed by atoms with Crippen LogP contribution in [0.1, 0.15) is 35.2 Å². The van der Waals surface area contributed by atoms with Crippen LogP contribution in [0.15, 0.2) is 24.5 Å². The molecule has 0 saturated carbocycles. The molecule has 0 radical (unpaired) electrons. The van der Waals surface area contributed by atoms with Crippen molar-refractivity contribution in [2.24, 2.45) is 0 Å². The molecular weight excluding hydrogens is 242 g/mol. The van der Waals surface area contributed by atoms with Crippen LogP contribution in [0.25, 0.3) is 0 Å². The molecule has 0 aromatic carbocycles. The summed E-state index contributed by atoms with van der Waals surface area (Å²) in [6, 6.07) is 3.36. The summed E-state index contributed by atoms with van der Waals surface area (Å²) >= 11 is 0. The van der Waals surface area contributed by atoms with Gasteiger partial charge < -0.3 is 16.0 Å². The first-order valence-corrected chi connectivity index (χ1v) is 6.22. The Hall–Kier alpha value is -2.37. The number of imidazole rings is 1. The molecule has 0 atom stereocenters. The number of amides is 1. The molecule has 2 aromatic rings. The van der Waals surface area contributed by atoms with Gasteiger partial charge in [-0.1, -0.05) is 13.3 Å². The molecule has 4 N–H and O–H groups in total. The highest BCUT2D eigenvalue weighted by Crippen LogP contribution is 2.09. The van der Waals surface area contributed by atoms with E-state index in [-0.39, 0.29) is 5.91 Å². The summed E-state index contributed by atoms with van der Waals surface area (Å²) in [6.07, 6.45) is 5.13. The van der Waals surface area contributed by atoms with Crippen LogP contribution in [0.2, 0.25) is 0 Å². The lowest BCUT2D eigenvalue weighted by Gasteiger charge is -2.06. The molecule has 2 aromatic heterocycles. The maximum Gasteiger partial charge on any atom is 0.251 e. The highest BCUT2D eigenvalue weighted by molar-refractivity contribution is 5.94. The SMILES string of the molecule is CCCc1cc(C(=O)NCc2ncc[nH]2)cc(N)n1. The first-order chi connectivity index (χ1) is 9.19. The van der Waals surface area contributed by atoms with Crippen LogP contribution in [-0.2, 0) is 13.0 Å². The Morgan fingerprint density at radius 3 is 3.00 bits per heavy atom. The van der Waals surface area contributed by atoms with Gasteiger partial charge in [0.05, 0.1) is 6.54 Å². The lowest BCUT2D eigenvalue weighted by molar-refractivity contribution is 0.0950. The van der Waals surface area contributed by atoms with E-state index in [1.807, 2.05) is 0 Å². The molecule has 0 aliphatic heterocycles. The second-order valence-electron chi connectivity index (χ2n) is 4.24. The van der Waals surface area contributed by atoms with E-state index in [1.54, 1.807) is 24.5 Å². The summed E-state index contributed by atoms with van der Waals surface area (Å²) in [5, 5.41) is 2.78. The van der Waals surface area contributed by atoms with Crippen LogP contribution in [-0.4, -0.2) is 20.9 Å². The van der Waals surface area contributed by atoms with Gasteiger partial charge in [-0.2, -0.15) is 0 Å². The molecule has 100 valence electrons. The largest absolute Gasteiger partial charge is 0.384 e. The van der Waals surface area contributed by atoms with Gasteiger partial charge in [0.1, 0.15) is 11.6 Å². The summed E-state index contributed by atoms with van der Waals surface area (Å²) in [5.41, 5.74) is 7.08. The maximum atomic E-state index is 12.0. The van der Waals surface area contributed by atoms with E-state index in [0.717, 1.165) is 18.5 Å². The molecule has 0 saturated heterocycles. The van der Waals surface area contributed by atoms with E-state index < -0.39 is 0 Å². The molecule has 0 aliphatic carbocycles.